The molecule has 0 unspecified atom stereocenters. The van der Waals surface area contributed by atoms with Gasteiger partial charge in [-0.15, -0.1) is 0 Å². The van der Waals surface area contributed by atoms with E-state index < -0.39 is 11.8 Å². The number of nitrogens with zero attached hydrogens (tertiary/aromatic N) is 3. The lowest BCUT2D eigenvalue weighted by Crippen LogP contribution is -2.36. The molecule has 1 aliphatic carbocycles. The molecule has 0 spiro atoms. The normalized spacial score (nSPS) is 12.7. The number of unbranched alkanes of at least 4 members (excludes halogenated alkanes) is 1. The van der Waals surface area contributed by atoms with Gasteiger partial charge < -0.3 is 10.6 Å². The molecular formula is C17H22N6O3. The van der Waals surface area contributed by atoms with Crippen LogP contribution in [0.2, 0.25) is 0 Å². The average molecular weight is 358 g/mol. The van der Waals surface area contributed by atoms with Crippen molar-refractivity contribution in [3.05, 3.63) is 33.4 Å². The van der Waals surface area contributed by atoms with Gasteiger partial charge in [0.15, 0.2) is 0 Å². The molecule has 0 saturated carbocycles. The Bertz CT molecular complexity index is 898. The summed E-state index contributed by atoms with van der Waals surface area (Å²) >= 11 is 0. The van der Waals surface area contributed by atoms with Gasteiger partial charge in [-0.1, -0.05) is 13.3 Å². The number of aryl methyl sites for hydroxylation is 2. The molecule has 0 fully saturated rings. The topological polar surface area (TPSA) is 122 Å². The smallest absolute Gasteiger partial charge is 0.314 e. The first-order valence-electron chi connectivity index (χ1n) is 8.78. The molecule has 3 rings (SSSR count). The van der Waals surface area contributed by atoms with Crippen LogP contribution in [0.3, 0.4) is 0 Å². The highest BCUT2D eigenvalue weighted by atomic mass is 16.2. The predicted octanol–water partition coefficient (Wildman–Crippen LogP) is 0.608. The molecule has 3 N–H and O–H groups in total. The van der Waals surface area contributed by atoms with E-state index in [1.165, 1.54) is 4.68 Å². The van der Waals surface area contributed by atoms with Crippen molar-refractivity contribution in [3.63, 3.8) is 0 Å². The first kappa shape index (κ1) is 17.8. The third-order valence-corrected chi connectivity index (χ3v) is 4.22. The first-order valence-corrected chi connectivity index (χ1v) is 8.78. The standard InChI is InChI=1S/C17H22N6O3/c1-3-4-8-18-15(25)16(26)20-13-9-10(2)22-23(13)17-19-12-7-5-6-11(12)14(24)21-17/h9H,3-8H2,1-2H3,(H,18,25)(H,20,26)(H,19,21,24). The first-order chi connectivity index (χ1) is 12.5. The molecule has 9 nitrogen and oxygen atoms in total. The van der Waals surface area contributed by atoms with Gasteiger partial charge in [0.25, 0.3) is 5.56 Å². The summed E-state index contributed by atoms with van der Waals surface area (Å²) in [4.78, 5) is 43.3. The van der Waals surface area contributed by atoms with E-state index in [0.717, 1.165) is 37.8 Å². The number of fused-ring (bicyclic) bond motifs is 1. The van der Waals surface area contributed by atoms with Gasteiger partial charge >= 0.3 is 11.8 Å². The molecule has 1 aliphatic rings. The fourth-order valence-corrected chi connectivity index (χ4v) is 2.91. The highest BCUT2D eigenvalue weighted by Crippen LogP contribution is 2.19. The minimum absolute atomic E-state index is 0.190. The van der Waals surface area contributed by atoms with Crippen LogP contribution in [-0.2, 0) is 22.4 Å². The van der Waals surface area contributed by atoms with Gasteiger partial charge in [0, 0.05) is 18.2 Å². The van der Waals surface area contributed by atoms with E-state index in [9.17, 15) is 14.4 Å². The van der Waals surface area contributed by atoms with Crippen molar-refractivity contribution in [1.29, 1.82) is 0 Å². The van der Waals surface area contributed by atoms with Crippen molar-refractivity contribution in [1.82, 2.24) is 25.1 Å². The summed E-state index contributed by atoms with van der Waals surface area (Å²) in [5, 5.41) is 9.36. The lowest BCUT2D eigenvalue weighted by Gasteiger charge is -2.09. The molecular weight excluding hydrogens is 336 g/mol. The summed E-state index contributed by atoms with van der Waals surface area (Å²) in [6.07, 6.45) is 4.09. The molecule has 138 valence electrons. The van der Waals surface area contributed by atoms with E-state index in [4.69, 9.17) is 0 Å². The number of H-pyrrole nitrogens is 1. The zero-order valence-electron chi connectivity index (χ0n) is 14.9. The summed E-state index contributed by atoms with van der Waals surface area (Å²) in [5.74, 6) is -0.991. The number of anilines is 1. The van der Waals surface area contributed by atoms with Crippen LogP contribution in [-0.4, -0.2) is 38.1 Å². The number of carbonyl (C=O) groups is 2. The molecule has 26 heavy (non-hydrogen) atoms. The van der Waals surface area contributed by atoms with Gasteiger partial charge in [0.1, 0.15) is 5.82 Å². The van der Waals surface area contributed by atoms with Crippen LogP contribution in [0, 0.1) is 6.92 Å². The van der Waals surface area contributed by atoms with Crippen molar-refractivity contribution in [2.45, 2.75) is 46.0 Å². The summed E-state index contributed by atoms with van der Waals surface area (Å²) in [5.41, 5.74) is 1.89. The predicted molar refractivity (Wildman–Crippen MR) is 95.3 cm³/mol. The van der Waals surface area contributed by atoms with Gasteiger partial charge in [-0.05, 0) is 32.6 Å². The number of aromatic nitrogens is 4. The zero-order chi connectivity index (χ0) is 18.7. The fraction of sp³-hybridized carbons (Fsp3) is 0.471. The van der Waals surface area contributed by atoms with E-state index in [2.05, 4.69) is 25.7 Å². The van der Waals surface area contributed by atoms with E-state index in [1.807, 2.05) is 6.92 Å². The van der Waals surface area contributed by atoms with Gasteiger partial charge in [-0.3, -0.25) is 19.4 Å². The Hall–Kier alpha value is -2.97. The Morgan fingerprint density at radius 2 is 2.12 bits per heavy atom. The highest BCUT2D eigenvalue weighted by Gasteiger charge is 2.21. The van der Waals surface area contributed by atoms with Crippen molar-refractivity contribution in [2.75, 3.05) is 11.9 Å². The molecule has 2 aromatic rings. The van der Waals surface area contributed by atoms with E-state index in [-0.39, 0.29) is 17.3 Å². The van der Waals surface area contributed by atoms with Crippen LogP contribution in [0.15, 0.2) is 10.9 Å². The van der Waals surface area contributed by atoms with Gasteiger partial charge in [-0.25, -0.2) is 4.98 Å². The lowest BCUT2D eigenvalue weighted by atomic mass is 10.3. The van der Waals surface area contributed by atoms with Gasteiger partial charge in [0.2, 0.25) is 5.95 Å². The maximum atomic E-state index is 12.2. The van der Waals surface area contributed by atoms with Gasteiger partial charge in [-0.2, -0.15) is 9.78 Å². The Morgan fingerprint density at radius 3 is 2.88 bits per heavy atom. The Balaban J connectivity index is 1.83. The second-order valence-corrected chi connectivity index (χ2v) is 6.31. The largest absolute Gasteiger partial charge is 0.348 e. The summed E-state index contributed by atoms with van der Waals surface area (Å²) in [6, 6.07) is 1.62. The number of amides is 2. The van der Waals surface area contributed by atoms with Crippen molar-refractivity contribution in [2.24, 2.45) is 0 Å². The van der Waals surface area contributed by atoms with Crippen LogP contribution in [0.1, 0.15) is 43.1 Å². The second-order valence-electron chi connectivity index (χ2n) is 6.31. The van der Waals surface area contributed by atoms with Crippen LogP contribution in [0.5, 0.6) is 0 Å². The number of carbonyl (C=O) groups excluding carboxylic acids is 2. The Kier molecular flexibility index (Phi) is 5.15. The van der Waals surface area contributed by atoms with Crippen molar-refractivity contribution < 1.29 is 9.59 Å². The van der Waals surface area contributed by atoms with E-state index >= 15 is 0 Å². The molecule has 0 bridgehead atoms. The van der Waals surface area contributed by atoms with Crippen LogP contribution in [0.25, 0.3) is 5.95 Å². The number of rotatable bonds is 5. The Morgan fingerprint density at radius 1 is 1.31 bits per heavy atom. The van der Waals surface area contributed by atoms with Crippen LogP contribution < -0.4 is 16.2 Å². The van der Waals surface area contributed by atoms with E-state index in [1.54, 1.807) is 13.0 Å². The SMILES string of the molecule is CCCCNC(=O)C(=O)Nc1cc(C)nn1-c1nc2c(c(=O)[nH]1)CCC2. The van der Waals surface area contributed by atoms with Crippen molar-refractivity contribution >= 4 is 17.6 Å². The summed E-state index contributed by atoms with van der Waals surface area (Å²) in [6.45, 7) is 4.19. The maximum Gasteiger partial charge on any atom is 0.314 e. The minimum atomic E-state index is -0.786. The zero-order valence-corrected chi connectivity index (χ0v) is 14.9. The average Bonchev–Trinajstić information content (AvgIpc) is 3.21. The third kappa shape index (κ3) is 3.66. The minimum Gasteiger partial charge on any atom is -0.348 e. The van der Waals surface area contributed by atoms with Crippen LogP contribution >= 0.6 is 0 Å². The number of nitrogens with one attached hydrogen (secondary N) is 3. The van der Waals surface area contributed by atoms with Gasteiger partial charge in [0.05, 0.1) is 11.4 Å². The molecule has 2 heterocycles. The molecule has 2 amide bonds. The molecule has 0 aromatic carbocycles. The molecule has 9 heteroatoms. The molecule has 0 radical (unpaired) electrons. The molecule has 0 atom stereocenters. The highest BCUT2D eigenvalue weighted by molar-refractivity contribution is 6.39. The summed E-state index contributed by atoms with van der Waals surface area (Å²) in [7, 11) is 0. The number of hydrogen-bond donors (Lipinski definition) is 3. The fourth-order valence-electron chi connectivity index (χ4n) is 2.91. The molecule has 2 aromatic heterocycles. The monoisotopic (exact) mass is 358 g/mol. The van der Waals surface area contributed by atoms with Crippen LogP contribution in [0.4, 0.5) is 5.82 Å². The van der Waals surface area contributed by atoms with E-state index in [0.29, 0.717) is 17.8 Å². The second kappa shape index (κ2) is 7.51. The Labute approximate surface area is 150 Å². The maximum absolute atomic E-state index is 12.2. The molecule has 0 aliphatic heterocycles. The summed E-state index contributed by atoms with van der Waals surface area (Å²) < 4.78 is 1.34. The quantitative estimate of drug-likeness (QED) is 0.534. The molecule has 0 saturated heterocycles. The number of aromatic amines is 1. The van der Waals surface area contributed by atoms with Crippen molar-refractivity contribution in [3.8, 4) is 5.95 Å². The third-order valence-electron chi connectivity index (χ3n) is 4.22. The lowest BCUT2D eigenvalue weighted by molar-refractivity contribution is -0.136. The number of hydrogen-bond acceptors (Lipinski definition) is 5.